The molecule has 0 aliphatic heterocycles. The molecule has 1 aliphatic carbocycles. The van der Waals surface area contributed by atoms with E-state index >= 15 is 0 Å². The summed E-state index contributed by atoms with van der Waals surface area (Å²) < 4.78 is 0. The summed E-state index contributed by atoms with van der Waals surface area (Å²) in [6.45, 7) is 8.21. The van der Waals surface area contributed by atoms with Crippen molar-refractivity contribution in [2.75, 3.05) is 6.54 Å². The molecule has 0 spiro atoms. The number of hydrogen-bond acceptors (Lipinski definition) is 1. The van der Waals surface area contributed by atoms with Crippen LogP contribution in [0.5, 0.6) is 0 Å². The molecule has 1 saturated carbocycles. The van der Waals surface area contributed by atoms with Crippen LogP contribution in [0.25, 0.3) is 0 Å². The third kappa shape index (κ3) is 5.01. The van der Waals surface area contributed by atoms with Gasteiger partial charge in [0.05, 0.1) is 0 Å². The summed E-state index contributed by atoms with van der Waals surface area (Å²) in [6.07, 6.45) is 9.85. The normalized spacial score (nSPS) is 27.2. The average molecular weight is 211 g/mol. The summed E-state index contributed by atoms with van der Waals surface area (Å²) in [6, 6.07) is 0.757. The van der Waals surface area contributed by atoms with E-state index in [-0.39, 0.29) is 0 Å². The highest BCUT2D eigenvalue weighted by atomic mass is 14.9. The molecule has 0 aromatic heterocycles. The van der Waals surface area contributed by atoms with Crippen LogP contribution in [-0.4, -0.2) is 12.6 Å². The molecule has 0 aromatic carbocycles. The van der Waals surface area contributed by atoms with Crippen molar-refractivity contribution >= 4 is 0 Å². The van der Waals surface area contributed by atoms with Gasteiger partial charge in [0.25, 0.3) is 0 Å². The van der Waals surface area contributed by atoms with Crippen molar-refractivity contribution in [1.29, 1.82) is 0 Å². The fraction of sp³-hybridized carbons (Fsp3) is 1.00. The molecule has 1 rings (SSSR count). The Bertz CT molecular complexity index is 143. The zero-order chi connectivity index (χ0) is 11.1. The SMILES string of the molecule is CCC(CC)NCCC1CCC(C)CC1. The molecule has 1 fully saturated rings. The Balaban J connectivity index is 2.04. The highest BCUT2D eigenvalue weighted by molar-refractivity contribution is 4.72. The van der Waals surface area contributed by atoms with Crippen LogP contribution in [0.3, 0.4) is 0 Å². The van der Waals surface area contributed by atoms with E-state index in [2.05, 4.69) is 26.1 Å². The predicted octanol–water partition coefficient (Wildman–Crippen LogP) is 3.98. The molecule has 0 atom stereocenters. The van der Waals surface area contributed by atoms with E-state index in [4.69, 9.17) is 0 Å². The molecule has 1 aliphatic rings. The van der Waals surface area contributed by atoms with Gasteiger partial charge in [0.15, 0.2) is 0 Å². The van der Waals surface area contributed by atoms with Crippen molar-refractivity contribution in [3.05, 3.63) is 0 Å². The molecule has 0 radical (unpaired) electrons. The smallest absolute Gasteiger partial charge is 0.00618 e. The lowest BCUT2D eigenvalue weighted by atomic mass is 9.81. The van der Waals surface area contributed by atoms with Gasteiger partial charge in [-0.15, -0.1) is 0 Å². The molecule has 0 aromatic rings. The first-order valence-corrected chi connectivity index (χ1v) is 6.99. The lowest BCUT2D eigenvalue weighted by Crippen LogP contribution is -2.30. The molecule has 0 heterocycles. The first-order valence-electron chi connectivity index (χ1n) is 6.99. The van der Waals surface area contributed by atoms with Crippen LogP contribution in [0.1, 0.15) is 65.7 Å². The summed E-state index contributed by atoms with van der Waals surface area (Å²) >= 11 is 0. The van der Waals surface area contributed by atoms with Crippen molar-refractivity contribution in [3.8, 4) is 0 Å². The molecule has 1 N–H and O–H groups in total. The van der Waals surface area contributed by atoms with Gasteiger partial charge in [0, 0.05) is 6.04 Å². The van der Waals surface area contributed by atoms with Crippen LogP contribution in [-0.2, 0) is 0 Å². The van der Waals surface area contributed by atoms with Gasteiger partial charge in [0.2, 0.25) is 0 Å². The Kier molecular flexibility index (Phi) is 6.31. The quantitative estimate of drug-likeness (QED) is 0.700. The number of hydrogen-bond donors (Lipinski definition) is 1. The molecule has 0 saturated heterocycles. The number of nitrogens with one attached hydrogen (secondary N) is 1. The zero-order valence-electron chi connectivity index (χ0n) is 10.9. The van der Waals surface area contributed by atoms with Gasteiger partial charge in [-0.05, 0) is 37.6 Å². The van der Waals surface area contributed by atoms with Crippen molar-refractivity contribution in [3.63, 3.8) is 0 Å². The summed E-state index contributed by atoms with van der Waals surface area (Å²) in [5.41, 5.74) is 0. The summed E-state index contributed by atoms with van der Waals surface area (Å²) in [4.78, 5) is 0. The standard InChI is InChI=1S/C14H29N/c1-4-14(5-2)15-11-10-13-8-6-12(3)7-9-13/h12-15H,4-11H2,1-3H3. The first-order chi connectivity index (χ1) is 7.26. The maximum Gasteiger partial charge on any atom is 0.00618 e. The molecule has 1 nitrogen and oxygen atoms in total. The minimum atomic E-state index is 0.757. The van der Waals surface area contributed by atoms with Gasteiger partial charge in [-0.2, -0.15) is 0 Å². The third-order valence-electron chi connectivity index (χ3n) is 4.11. The minimum absolute atomic E-state index is 0.757. The lowest BCUT2D eigenvalue weighted by molar-refractivity contribution is 0.271. The molecule has 1 heteroatoms. The highest BCUT2D eigenvalue weighted by Crippen LogP contribution is 2.29. The molecular formula is C14H29N. The van der Waals surface area contributed by atoms with Gasteiger partial charge < -0.3 is 5.32 Å². The topological polar surface area (TPSA) is 12.0 Å². The first kappa shape index (κ1) is 13.0. The van der Waals surface area contributed by atoms with E-state index in [1.165, 1.54) is 51.5 Å². The van der Waals surface area contributed by atoms with Crippen LogP contribution in [0, 0.1) is 11.8 Å². The molecule has 0 bridgehead atoms. The lowest BCUT2D eigenvalue weighted by Gasteiger charge is -2.26. The van der Waals surface area contributed by atoms with Crippen LogP contribution in [0.15, 0.2) is 0 Å². The summed E-state index contributed by atoms with van der Waals surface area (Å²) in [7, 11) is 0. The van der Waals surface area contributed by atoms with Crippen molar-refractivity contribution in [2.24, 2.45) is 11.8 Å². The Morgan fingerprint density at radius 3 is 2.20 bits per heavy atom. The van der Waals surface area contributed by atoms with E-state index in [0.29, 0.717) is 0 Å². The van der Waals surface area contributed by atoms with Crippen LogP contribution >= 0.6 is 0 Å². The minimum Gasteiger partial charge on any atom is -0.314 e. The summed E-state index contributed by atoms with van der Waals surface area (Å²) in [5, 5.41) is 3.68. The second-order valence-corrected chi connectivity index (χ2v) is 5.38. The van der Waals surface area contributed by atoms with E-state index < -0.39 is 0 Å². The molecule has 0 amide bonds. The van der Waals surface area contributed by atoms with Gasteiger partial charge in [-0.1, -0.05) is 46.5 Å². The molecular weight excluding hydrogens is 182 g/mol. The predicted molar refractivity (Wildman–Crippen MR) is 68.1 cm³/mol. The van der Waals surface area contributed by atoms with E-state index in [9.17, 15) is 0 Å². The van der Waals surface area contributed by atoms with Gasteiger partial charge in [0.1, 0.15) is 0 Å². The van der Waals surface area contributed by atoms with Crippen molar-refractivity contribution in [1.82, 2.24) is 5.32 Å². The zero-order valence-corrected chi connectivity index (χ0v) is 10.9. The van der Waals surface area contributed by atoms with Crippen LogP contribution in [0.2, 0.25) is 0 Å². The molecule has 0 unspecified atom stereocenters. The average Bonchev–Trinajstić information content (AvgIpc) is 2.27. The maximum absolute atomic E-state index is 3.68. The third-order valence-corrected chi connectivity index (χ3v) is 4.11. The Hall–Kier alpha value is -0.0400. The van der Waals surface area contributed by atoms with Crippen LogP contribution < -0.4 is 5.32 Å². The molecule has 90 valence electrons. The van der Waals surface area contributed by atoms with E-state index in [1.807, 2.05) is 0 Å². The van der Waals surface area contributed by atoms with Gasteiger partial charge in [-0.25, -0.2) is 0 Å². The fourth-order valence-electron chi connectivity index (χ4n) is 2.69. The highest BCUT2D eigenvalue weighted by Gasteiger charge is 2.17. The van der Waals surface area contributed by atoms with Gasteiger partial charge >= 0.3 is 0 Å². The Morgan fingerprint density at radius 2 is 1.67 bits per heavy atom. The second-order valence-electron chi connectivity index (χ2n) is 5.38. The van der Waals surface area contributed by atoms with E-state index in [0.717, 1.165) is 17.9 Å². The Morgan fingerprint density at radius 1 is 1.07 bits per heavy atom. The van der Waals surface area contributed by atoms with Crippen molar-refractivity contribution in [2.45, 2.75) is 71.8 Å². The monoisotopic (exact) mass is 211 g/mol. The largest absolute Gasteiger partial charge is 0.314 e. The maximum atomic E-state index is 3.68. The number of rotatable bonds is 6. The van der Waals surface area contributed by atoms with E-state index in [1.54, 1.807) is 0 Å². The van der Waals surface area contributed by atoms with Gasteiger partial charge in [-0.3, -0.25) is 0 Å². The second kappa shape index (κ2) is 7.27. The van der Waals surface area contributed by atoms with Crippen molar-refractivity contribution < 1.29 is 0 Å². The summed E-state index contributed by atoms with van der Waals surface area (Å²) in [5.74, 6) is 2.01. The molecule has 15 heavy (non-hydrogen) atoms. The Labute approximate surface area is 96.0 Å². The fourth-order valence-corrected chi connectivity index (χ4v) is 2.69. The van der Waals surface area contributed by atoms with Crippen LogP contribution in [0.4, 0.5) is 0 Å².